The van der Waals surface area contributed by atoms with Crippen molar-refractivity contribution in [1.82, 2.24) is 9.55 Å². The molecule has 0 saturated carbocycles. The van der Waals surface area contributed by atoms with Crippen LogP contribution in [0.2, 0.25) is 0 Å². The van der Waals surface area contributed by atoms with Crippen molar-refractivity contribution in [2.24, 2.45) is 0 Å². The molecule has 1 N–H and O–H groups in total. The van der Waals surface area contributed by atoms with Gasteiger partial charge in [0.15, 0.2) is 5.16 Å². The Morgan fingerprint density at radius 2 is 1.67 bits per heavy atom. The van der Waals surface area contributed by atoms with Gasteiger partial charge >= 0.3 is 0 Å². The molecule has 1 aromatic heterocycles. The zero-order valence-electron chi connectivity index (χ0n) is 16.8. The van der Waals surface area contributed by atoms with Crippen LogP contribution in [-0.4, -0.2) is 36.8 Å². The Kier molecular flexibility index (Phi) is 6.42. The molecule has 1 amide bonds. The van der Waals surface area contributed by atoms with Crippen LogP contribution in [0.5, 0.6) is 0 Å². The highest BCUT2D eigenvalue weighted by Crippen LogP contribution is 2.30. The van der Waals surface area contributed by atoms with Gasteiger partial charge in [-0.2, -0.15) is 0 Å². The number of non-ortho nitro benzene ring substituents is 2. The molecule has 0 unspecified atom stereocenters. The maximum Gasteiger partial charge on any atom is 0.272 e. The van der Waals surface area contributed by atoms with Gasteiger partial charge in [0.25, 0.3) is 16.9 Å². The fraction of sp³-hybridized carbons (Fsp3) is 0.150. The van der Waals surface area contributed by atoms with E-state index in [4.69, 9.17) is 0 Å². The average molecular weight is 486 g/mol. The van der Waals surface area contributed by atoms with Gasteiger partial charge in [-0.05, 0) is 24.3 Å². The van der Waals surface area contributed by atoms with Gasteiger partial charge in [-0.1, -0.05) is 11.8 Å². The second kappa shape index (κ2) is 9.42. The average Bonchev–Trinajstić information content (AvgIpc) is 3.27. The van der Waals surface area contributed by atoms with Gasteiger partial charge < -0.3 is 5.32 Å². The van der Waals surface area contributed by atoms with Crippen molar-refractivity contribution in [2.75, 3.05) is 16.8 Å². The highest BCUT2D eigenvalue weighted by molar-refractivity contribution is 8.00. The first-order valence-corrected chi connectivity index (χ1v) is 11.5. The summed E-state index contributed by atoms with van der Waals surface area (Å²) in [4.78, 5) is 51.3. The van der Waals surface area contributed by atoms with Gasteiger partial charge in [-0.15, -0.1) is 11.8 Å². The van der Waals surface area contributed by atoms with Crippen LogP contribution in [0.15, 0.2) is 63.4 Å². The lowest BCUT2D eigenvalue weighted by Gasteiger charge is -2.13. The summed E-state index contributed by atoms with van der Waals surface area (Å²) in [5, 5.41) is 24.7. The fourth-order valence-electron chi connectivity index (χ4n) is 3.13. The summed E-state index contributed by atoms with van der Waals surface area (Å²) in [6, 6.07) is 11.0. The predicted molar refractivity (Wildman–Crippen MR) is 123 cm³/mol. The second-order valence-corrected chi connectivity index (χ2v) is 8.87. The molecule has 2 aromatic carbocycles. The number of thioether (sulfide) groups is 2. The smallest absolute Gasteiger partial charge is 0.272 e. The first-order chi connectivity index (χ1) is 15.8. The highest BCUT2D eigenvalue weighted by atomic mass is 32.2. The van der Waals surface area contributed by atoms with Crippen molar-refractivity contribution >= 4 is 46.5 Å². The third-order valence-corrected chi connectivity index (χ3v) is 6.73. The molecule has 13 heteroatoms. The molecular weight excluding hydrogens is 470 g/mol. The Bertz CT molecular complexity index is 1310. The number of aryl methyl sites for hydroxylation is 1. The molecule has 168 valence electrons. The van der Waals surface area contributed by atoms with Crippen LogP contribution >= 0.6 is 23.5 Å². The van der Waals surface area contributed by atoms with Crippen LogP contribution in [0.25, 0.3) is 5.69 Å². The molecule has 2 heterocycles. The Morgan fingerprint density at radius 3 is 2.27 bits per heavy atom. The summed E-state index contributed by atoms with van der Waals surface area (Å²) in [6.45, 7) is 0. The van der Waals surface area contributed by atoms with Crippen molar-refractivity contribution < 1.29 is 14.6 Å². The third-order valence-electron chi connectivity index (χ3n) is 4.68. The maximum atomic E-state index is 13.1. The molecule has 4 rings (SSSR count). The quantitative estimate of drug-likeness (QED) is 0.230. The normalized spacial score (nSPS) is 12.2. The largest absolute Gasteiger partial charge is 0.325 e. The van der Waals surface area contributed by atoms with Gasteiger partial charge in [0, 0.05) is 42.1 Å². The Labute approximate surface area is 194 Å². The zero-order valence-corrected chi connectivity index (χ0v) is 18.4. The van der Waals surface area contributed by atoms with Gasteiger partial charge in [0.2, 0.25) is 5.91 Å². The van der Waals surface area contributed by atoms with Crippen LogP contribution in [-0.2, 0) is 11.2 Å². The maximum absolute atomic E-state index is 13.1. The van der Waals surface area contributed by atoms with E-state index < -0.39 is 9.85 Å². The number of nitro groups is 2. The number of nitro benzene ring substituents is 2. The monoisotopic (exact) mass is 485 g/mol. The van der Waals surface area contributed by atoms with E-state index in [0.29, 0.717) is 33.5 Å². The van der Waals surface area contributed by atoms with Gasteiger partial charge in [-0.25, -0.2) is 4.98 Å². The standard InChI is InChI=1S/C20H15N5O6S2/c26-17(21-12-1-3-14(4-2-12)24(28)29)11-33-20-22-16-9-10-32-18(16)19(27)23(20)13-5-7-15(8-6-13)25(30)31/h1-8H,9-11H2,(H,21,26). The number of carbonyl (C=O) groups excluding carboxylic acids is 1. The molecule has 0 fully saturated rings. The molecule has 0 spiro atoms. The highest BCUT2D eigenvalue weighted by Gasteiger charge is 2.23. The molecular formula is C20H15N5O6S2. The number of carbonyl (C=O) groups is 1. The first kappa shape index (κ1) is 22.5. The van der Waals surface area contributed by atoms with E-state index in [1.165, 1.54) is 64.9 Å². The Hall–Kier alpha value is -3.71. The summed E-state index contributed by atoms with van der Waals surface area (Å²) >= 11 is 2.47. The first-order valence-electron chi connectivity index (χ1n) is 9.54. The number of aromatic nitrogens is 2. The molecule has 33 heavy (non-hydrogen) atoms. The number of nitrogens with zero attached hydrogens (tertiary/aromatic N) is 4. The van der Waals surface area contributed by atoms with Crippen molar-refractivity contribution in [1.29, 1.82) is 0 Å². The van der Waals surface area contributed by atoms with E-state index >= 15 is 0 Å². The minimum atomic E-state index is -0.531. The summed E-state index contributed by atoms with van der Waals surface area (Å²) in [5.74, 6) is 0.280. The van der Waals surface area contributed by atoms with E-state index in [2.05, 4.69) is 10.3 Å². The number of nitrogens with one attached hydrogen (secondary N) is 1. The van der Waals surface area contributed by atoms with Gasteiger partial charge in [0.1, 0.15) is 0 Å². The fourth-order valence-corrected chi connectivity index (χ4v) is 4.99. The minimum absolute atomic E-state index is 0.0671. The summed E-state index contributed by atoms with van der Waals surface area (Å²) in [5.41, 5.74) is 1.00. The Morgan fingerprint density at radius 1 is 1.06 bits per heavy atom. The van der Waals surface area contributed by atoms with Crippen LogP contribution < -0.4 is 10.9 Å². The molecule has 0 saturated heterocycles. The molecule has 0 aliphatic carbocycles. The number of hydrogen-bond donors (Lipinski definition) is 1. The molecule has 11 nitrogen and oxygen atoms in total. The lowest BCUT2D eigenvalue weighted by molar-refractivity contribution is -0.385. The molecule has 0 bridgehead atoms. The van der Waals surface area contributed by atoms with Crippen molar-refractivity contribution in [3.05, 3.63) is 84.8 Å². The summed E-state index contributed by atoms with van der Waals surface area (Å²) in [6.07, 6.45) is 0.638. The molecule has 1 aliphatic rings. The third kappa shape index (κ3) is 4.88. The molecule has 0 atom stereocenters. The Balaban J connectivity index is 1.57. The predicted octanol–water partition coefficient (Wildman–Crippen LogP) is 3.43. The van der Waals surface area contributed by atoms with E-state index in [0.717, 1.165) is 17.5 Å². The van der Waals surface area contributed by atoms with Crippen molar-refractivity contribution in [3.8, 4) is 5.69 Å². The van der Waals surface area contributed by atoms with E-state index in [1.807, 2.05) is 0 Å². The number of amides is 1. The summed E-state index contributed by atoms with van der Waals surface area (Å²) < 4.78 is 1.35. The summed E-state index contributed by atoms with van der Waals surface area (Å²) in [7, 11) is 0. The number of benzene rings is 2. The van der Waals surface area contributed by atoms with E-state index in [-0.39, 0.29) is 28.6 Å². The van der Waals surface area contributed by atoms with Gasteiger partial charge in [0.05, 0.1) is 31.9 Å². The topological polar surface area (TPSA) is 150 Å². The van der Waals surface area contributed by atoms with E-state index in [1.54, 1.807) is 0 Å². The number of fused-ring (bicyclic) bond motifs is 1. The second-order valence-electron chi connectivity index (χ2n) is 6.82. The van der Waals surface area contributed by atoms with Crippen LogP contribution in [0.4, 0.5) is 17.1 Å². The van der Waals surface area contributed by atoms with Gasteiger partial charge in [-0.3, -0.25) is 34.4 Å². The molecule has 0 radical (unpaired) electrons. The lowest BCUT2D eigenvalue weighted by Crippen LogP contribution is -2.24. The number of hydrogen-bond acceptors (Lipinski definition) is 9. The SMILES string of the molecule is O=C(CSc1nc2c(c(=O)n1-c1ccc([N+](=O)[O-])cc1)SCC2)Nc1ccc([N+](=O)[O-])cc1. The van der Waals surface area contributed by atoms with Crippen molar-refractivity contribution in [3.63, 3.8) is 0 Å². The number of anilines is 1. The zero-order chi connectivity index (χ0) is 23.5. The van der Waals surface area contributed by atoms with Crippen LogP contribution in [0, 0.1) is 20.2 Å². The number of rotatable bonds is 7. The molecule has 1 aliphatic heterocycles. The van der Waals surface area contributed by atoms with E-state index in [9.17, 15) is 29.8 Å². The van der Waals surface area contributed by atoms with Crippen LogP contribution in [0.3, 0.4) is 0 Å². The minimum Gasteiger partial charge on any atom is -0.325 e. The lowest BCUT2D eigenvalue weighted by atomic mass is 10.2. The molecule has 3 aromatic rings. The van der Waals surface area contributed by atoms with Crippen molar-refractivity contribution in [2.45, 2.75) is 16.5 Å². The van der Waals surface area contributed by atoms with Crippen LogP contribution in [0.1, 0.15) is 5.69 Å².